The number of ether oxygens (including phenoxy) is 2. The third kappa shape index (κ3) is 4.77. The second kappa shape index (κ2) is 7.74. The summed E-state index contributed by atoms with van der Waals surface area (Å²) in [6, 6.07) is 0. The van der Waals surface area contributed by atoms with Crippen LogP contribution in [0.4, 0.5) is 0 Å². The maximum Gasteiger partial charge on any atom is 0.332 e. The van der Waals surface area contributed by atoms with Crippen LogP contribution >= 0.6 is 0 Å². The topological polar surface area (TPSA) is 55.8 Å². The van der Waals surface area contributed by atoms with Crippen molar-refractivity contribution in [3.05, 3.63) is 11.8 Å². The molecule has 0 atom stereocenters. The zero-order valence-corrected chi connectivity index (χ0v) is 11.1. The van der Waals surface area contributed by atoms with E-state index in [4.69, 9.17) is 9.47 Å². The van der Waals surface area contributed by atoms with Crippen molar-refractivity contribution < 1.29 is 19.1 Å². The molecule has 102 valence electrons. The van der Waals surface area contributed by atoms with E-state index in [0.29, 0.717) is 18.9 Å². The van der Waals surface area contributed by atoms with Gasteiger partial charge in [-0.15, -0.1) is 0 Å². The molecule has 0 unspecified atom stereocenters. The van der Waals surface area contributed by atoms with Crippen molar-refractivity contribution in [1.29, 1.82) is 0 Å². The van der Waals surface area contributed by atoms with Crippen molar-refractivity contribution in [2.24, 2.45) is 0 Å². The van der Waals surface area contributed by atoms with Crippen molar-refractivity contribution >= 4 is 11.9 Å². The Morgan fingerprint density at radius 2 is 1.72 bits per heavy atom. The average molecular weight is 255 g/mol. The number of carbonyl (C=O) groups is 2. The fourth-order valence-electron chi connectivity index (χ4n) is 1.94. The molecule has 0 spiro atoms. The molecule has 0 aromatic heterocycles. The predicted molar refractivity (Wildman–Crippen MR) is 66.8 cm³/mol. The van der Waals surface area contributed by atoms with Crippen molar-refractivity contribution in [3.8, 4) is 0 Å². The molecule has 1 rings (SSSR count). The minimum atomic E-state index is -0.399. The molecular formula is C13H21NO4. The molecule has 0 aliphatic carbocycles. The molecule has 0 bridgehead atoms. The third-order valence-corrected chi connectivity index (χ3v) is 2.71. The molecule has 18 heavy (non-hydrogen) atoms. The Morgan fingerprint density at radius 3 is 2.28 bits per heavy atom. The lowest BCUT2D eigenvalue weighted by Crippen LogP contribution is -2.23. The van der Waals surface area contributed by atoms with E-state index >= 15 is 0 Å². The number of hydrogen-bond acceptors (Lipinski definition) is 5. The lowest BCUT2D eigenvalue weighted by Gasteiger charge is -2.20. The van der Waals surface area contributed by atoms with Gasteiger partial charge in [0.1, 0.15) is 0 Å². The molecule has 0 amide bonds. The highest BCUT2D eigenvalue weighted by molar-refractivity contribution is 5.84. The quantitative estimate of drug-likeness (QED) is 0.531. The van der Waals surface area contributed by atoms with Gasteiger partial charge in [-0.3, -0.25) is 4.79 Å². The van der Waals surface area contributed by atoms with Gasteiger partial charge in [-0.2, -0.15) is 0 Å². The van der Waals surface area contributed by atoms with Gasteiger partial charge in [-0.25, -0.2) is 4.79 Å². The van der Waals surface area contributed by atoms with Gasteiger partial charge in [0.15, 0.2) is 0 Å². The Kier molecular flexibility index (Phi) is 6.25. The van der Waals surface area contributed by atoms with Crippen molar-refractivity contribution in [3.63, 3.8) is 0 Å². The molecular weight excluding hydrogens is 234 g/mol. The van der Waals surface area contributed by atoms with Crippen LogP contribution in [0, 0.1) is 0 Å². The van der Waals surface area contributed by atoms with E-state index < -0.39 is 5.97 Å². The van der Waals surface area contributed by atoms with Crippen LogP contribution in [0.3, 0.4) is 0 Å². The number of rotatable bonds is 6. The smallest absolute Gasteiger partial charge is 0.332 e. The zero-order valence-electron chi connectivity index (χ0n) is 11.1. The first kappa shape index (κ1) is 14.5. The monoisotopic (exact) mass is 255 g/mol. The Balaban J connectivity index is 2.67. The Hall–Kier alpha value is -1.52. The maximum atomic E-state index is 11.5. The average Bonchev–Trinajstić information content (AvgIpc) is 2.82. The van der Waals surface area contributed by atoms with Gasteiger partial charge >= 0.3 is 11.9 Å². The summed E-state index contributed by atoms with van der Waals surface area (Å²) >= 11 is 0. The molecule has 0 saturated carbocycles. The minimum absolute atomic E-state index is 0.132. The van der Waals surface area contributed by atoms with Gasteiger partial charge in [0, 0.05) is 24.9 Å². The summed E-state index contributed by atoms with van der Waals surface area (Å²) in [5.41, 5.74) is 0.699. The molecule has 1 fully saturated rings. The number of carbonyl (C=O) groups excluding carboxylic acids is 2. The van der Waals surface area contributed by atoms with E-state index in [1.54, 1.807) is 13.8 Å². The molecule has 5 nitrogen and oxygen atoms in total. The lowest BCUT2D eigenvalue weighted by molar-refractivity contribution is -0.142. The molecule has 0 aromatic carbocycles. The van der Waals surface area contributed by atoms with Crippen LogP contribution in [0.15, 0.2) is 11.8 Å². The highest BCUT2D eigenvalue weighted by atomic mass is 16.5. The Bertz CT molecular complexity index is 319. The summed E-state index contributed by atoms with van der Waals surface area (Å²) in [5, 5.41) is 0. The summed E-state index contributed by atoms with van der Waals surface area (Å²) in [4.78, 5) is 25.0. The fraction of sp³-hybridized carbons (Fsp3) is 0.692. The van der Waals surface area contributed by atoms with E-state index in [1.165, 1.54) is 6.08 Å². The van der Waals surface area contributed by atoms with E-state index in [2.05, 4.69) is 0 Å². The van der Waals surface area contributed by atoms with Crippen LogP contribution in [-0.2, 0) is 19.1 Å². The highest BCUT2D eigenvalue weighted by Gasteiger charge is 2.19. The lowest BCUT2D eigenvalue weighted by atomic mass is 10.2. The summed E-state index contributed by atoms with van der Waals surface area (Å²) in [6.07, 6.45) is 3.71. The van der Waals surface area contributed by atoms with Crippen molar-refractivity contribution in [2.75, 3.05) is 26.3 Å². The fourth-order valence-corrected chi connectivity index (χ4v) is 1.94. The van der Waals surface area contributed by atoms with E-state index in [0.717, 1.165) is 25.9 Å². The SMILES string of the molecule is CCOC(=O)/C=C(/CC(=O)OCC)N1CCCC1. The minimum Gasteiger partial charge on any atom is -0.466 e. The number of hydrogen-bond donors (Lipinski definition) is 0. The Morgan fingerprint density at radius 1 is 1.11 bits per heavy atom. The molecule has 1 aliphatic heterocycles. The van der Waals surface area contributed by atoms with Crippen LogP contribution in [0.5, 0.6) is 0 Å². The normalized spacial score (nSPS) is 15.7. The molecule has 1 aliphatic rings. The molecule has 1 heterocycles. The van der Waals surface area contributed by atoms with Crippen molar-refractivity contribution in [2.45, 2.75) is 33.1 Å². The van der Waals surface area contributed by atoms with Gasteiger partial charge in [0.25, 0.3) is 0 Å². The Labute approximate surface area is 108 Å². The van der Waals surface area contributed by atoms with Gasteiger partial charge in [-0.05, 0) is 26.7 Å². The standard InChI is InChI=1S/C13H21NO4/c1-3-17-12(15)9-11(10-13(16)18-4-2)14-7-5-6-8-14/h9H,3-8,10H2,1-2H3/b11-9-. The maximum absolute atomic E-state index is 11.5. The summed E-state index contributed by atoms with van der Waals surface area (Å²) < 4.78 is 9.79. The molecule has 0 aromatic rings. The van der Waals surface area contributed by atoms with Crippen LogP contribution in [0.1, 0.15) is 33.1 Å². The first-order valence-electron chi connectivity index (χ1n) is 6.45. The summed E-state index contributed by atoms with van der Waals surface area (Å²) in [5.74, 6) is -0.705. The van der Waals surface area contributed by atoms with Crippen LogP contribution in [0.2, 0.25) is 0 Å². The summed E-state index contributed by atoms with van der Waals surface area (Å²) in [6.45, 7) is 5.97. The summed E-state index contributed by atoms with van der Waals surface area (Å²) in [7, 11) is 0. The van der Waals surface area contributed by atoms with Gasteiger partial charge in [-0.1, -0.05) is 0 Å². The van der Waals surface area contributed by atoms with Crippen LogP contribution in [-0.4, -0.2) is 43.1 Å². The van der Waals surface area contributed by atoms with E-state index in [-0.39, 0.29) is 12.4 Å². The second-order valence-electron chi connectivity index (χ2n) is 4.06. The zero-order chi connectivity index (χ0) is 13.4. The van der Waals surface area contributed by atoms with Crippen molar-refractivity contribution in [1.82, 2.24) is 4.90 Å². The number of nitrogens with zero attached hydrogens (tertiary/aromatic N) is 1. The first-order valence-corrected chi connectivity index (χ1v) is 6.45. The number of likely N-dealkylation sites (tertiary alicyclic amines) is 1. The largest absolute Gasteiger partial charge is 0.466 e. The molecule has 1 saturated heterocycles. The first-order chi connectivity index (χ1) is 8.67. The van der Waals surface area contributed by atoms with Gasteiger partial charge < -0.3 is 14.4 Å². The predicted octanol–water partition coefficient (Wildman–Crippen LogP) is 1.48. The van der Waals surface area contributed by atoms with Gasteiger partial charge in [0.05, 0.1) is 19.6 Å². The third-order valence-electron chi connectivity index (χ3n) is 2.71. The second-order valence-corrected chi connectivity index (χ2v) is 4.06. The molecule has 0 N–H and O–H groups in total. The van der Waals surface area contributed by atoms with Crippen LogP contribution in [0.25, 0.3) is 0 Å². The van der Waals surface area contributed by atoms with E-state index in [9.17, 15) is 9.59 Å². The van der Waals surface area contributed by atoms with Crippen LogP contribution < -0.4 is 0 Å². The van der Waals surface area contributed by atoms with E-state index in [1.807, 2.05) is 4.90 Å². The molecule has 5 heteroatoms. The highest BCUT2D eigenvalue weighted by Crippen LogP contribution is 2.18. The molecule has 0 radical (unpaired) electrons. The van der Waals surface area contributed by atoms with Gasteiger partial charge in [0.2, 0.25) is 0 Å². The number of esters is 2.